The van der Waals surface area contributed by atoms with Gasteiger partial charge in [-0.25, -0.2) is 4.79 Å². The molecular formula is C17H19N5O3. The van der Waals surface area contributed by atoms with Crippen LogP contribution in [0.5, 0.6) is 0 Å². The molecule has 0 radical (unpaired) electrons. The van der Waals surface area contributed by atoms with Crippen LogP contribution in [0.1, 0.15) is 11.6 Å². The van der Waals surface area contributed by atoms with Gasteiger partial charge in [-0.3, -0.25) is 14.3 Å². The largest absolute Gasteiger partial charge is 0.480 e. The maximum Gasteiger partial charge on any atom is 0.354 e. The summed E-state index contributed by atoms with van der Waals surface area (Å²) in [7, 11) is 0. The number of nitrogen functional groups attached to an aromatic ring is 1. The molecular weight excluding hydrogens is 322 g/mol. The number of aromatic nitrogens is 2. The van der Waals surface area contributed by atoms with E-state index < -0.39 is 17.7 Å². The minimum absolute atomic E-state index is 0.162. The second kappa shape index (κ2) is 5.68. The van der Waals surface area contributed by atoms with Gasteiger partial charge in [-0.15, -0.1) is 0 Å². The van der Waals surface area contributed by atoms with Crippen molar-refractivity contribution in [2.45, 2.75) is 12.1 Å². The number of piperidine rings is 1. The summed E-state index contributed by atoms with van der Waals surface area (Å²) in [6.07, 6.45) is 1.55. The smallest absolute Gasteiger partial charge is 0.354 e. The molecule has 8 heteroatoms. The van der Waals surface area contributed by atoms with Crippen LogP contribution in [0.4, 0.5) is 5.82 Å². The van der Waals surface area contributed by atoms with Gasteiger partial charge in [-0.05, 0) is 35.6 Å². The SMILES string of the molecule is Nc1ccn(-c2ccc(C(C(=O)O)N3C[C@@H]4C(N)[C@@H]4C3)cc2)c(=O)n1. The zero-order valence-corrected chi connectivity index (χ0v) is 13.4. The van der Waals surface area contributed by atoms with E-state index in [9.17, 15) is 14.7 Å². The molecule has 1 aliphatic carbocycles. The van der Waals surface area contributed by atoms with Crippen LogP contribution < -0.4 is 17.2 Å². The monoisotopic (exact) mass is 341 g/mol. The molecule has 4 atom stereocenters. The van der Waals surface area contributed by atoms with Gasteiger partial charge < -0.3 is 16.6 Å². The van der Waals surface area contributed by atoms with E-state index in [0.29, 0.717) is 36.2 Å². The van der Waals surface area contributed by atoms with Crippen molar-refractivity contribution in [3.8, 4) is 5.69 Å². The average Bonchev–Trinajstić information content (AvgIpc) is 2.97. The Kier molecular flexibility index (Phi) is 3.59. The van der Waals surface area contributed by atoms with Crippen LogP contribution in [0.15, 0.2) is 41.3 Å². The van der Waals surface area contributed by atoms with Crippen LogP contribution in [0, 0.1) is 11.8 Å². The molecule has 1 saturated carbocycles. The highest BCUT2D eigenvalue weighted by Gasteiger charge is 2.55. The van der Waals surface area contributed by atoms with Gasteiger partial charge in [0.1, 0.15) is 11.9 Å². The van der Waals surface area contributed by atoms with E-state index in [2.05, 4.69) is 4.98 Å². The maximum atomic E-state index is 11.9. The molecule has 4 rings (SSSR count). The molecule has 1 aromatic carbocycles. The summed E-state index contributed by atoms with van der Waals surface area (Å²) >= 11 is 0. The number of aliphatic carboxylic acids is 1. The van der Waals surface area contributed by atoms with E-state index in [-0.39, 0.29) is 11.9 Å². The first kappa shape index (κ1) is 15.8. The molecule has 0 amide bonds. The van der Waals surface area contributed by atoms with Crippen molar-refractivity contribution in [2.75, 3.05) is 18.8 Å². The number of benzene rings is 1. The molecule has 25 heavy (non-hydrogen) atoms. The lowest BCUT2D eigenvalue weighted by molar-refractivity contribution is -0.143. The highest BCUT2D eigenvalue weighted by atomic mass is 16.4. The Balaban J connectivity index is 1.59. The summed E-state index contributed by atoms with van der Waals surface area (Å²) in [5, 5.41) is 9.66. The number of fused-ring (bicyclic) bond motifs is 1. The zero-order valence-electron chi connectivity index (χ0n) is 13.4. The van der Waals surface area contributed by atoms with Gasteiger partial charge in [0.25, 0.3) is 0 Å². The number of carboxylic acids is 1. The second-order valence-corrected chi connectivity index (χ2v) is 6.70. The number of likely N-dealkylation sites (tertiary alicyclic amines) is 1. The summed E-state index contributed by atoms with van der Waals surface area (Å²) in [6.45, 7) is 1.43. The number of nitrogens with zero attached hydrogens (tertiary/aromatic N) is 3. The number of nitrogens with two attached hydrogens (primary N) is 2. The average molecular weight is 341 g/mol. The van der Waals surface area contributed by atoms with Crippen LogP contribution in [-0.2, 0) is 4.79 Å². The van der Waals surface area contributed by atoms with E-state index >= 15 is 0 Å². The summed E-state index contributed by atoms with van der Waals surface area (Å²) < 4.78 is 1.36. The number of hydrogen-bond acceptors (Lipinski definition) is 6. The Hall–Kier alpha value is -2.71. The number of rotatable bonds is 4. The van der Waals surface area contributed by atoms with Crippen LogP contribution in [0.2, 0.25) is 0 Å². The van der Waals surface area contributed by atoms with E-state index in [1.807, 2.05) is 4.90 Å². The Labute approximate surface area is 143 Å². The Morgan fingerprint density at radius 2 is 1.84 bits per heavy atom. The fourth-order valence-corrected chi connectivity index (χ4v) is 3.76. The van der Waals surface area contributed by atoms with Crippen LogP contribution in [0.3, 0.4) is 0 Å². The van der Waals surface area contributed by atoms with Gasteiger partial charge in [-0.1, -0.05) is 12.1 Å². The molecule has 0 bridgehead atoms. The zero-order chi connectivity index (χ0) is 17.7. The number of carboxylic acid groups (broad SMARTS) is 1. The van der Waals surface area contributed by atoms with Crippen molar-refractivity contribution in [2.24, 2.45) is 17.6 Å². The molecule has 1 saturated heterocycles. The quantitative estimate of drug-likeness (QED) is 0.704. The fourth-order valence-electron chi connectivity index (χ4n) is 3.76. The van der Waals surface area contributed by atoms with Crippen molar-refractivity contribution in [1.82, 2.24) is 14.5 Å². The molecule has 8 nitrogen and oxygen atoms in total. The van der Waals surface area contributed by atoms with E-state index in [4.69, 9.17) is 11.5 Å². The summed E-state index contributed by atoms with van der Waals surface area (Å²) in [5.74, 6) is 0.115. The Morgan fingerprint density at radius 1 is 1.20 bits per heavy atom. The van der Waals surface area contributed by atoms with Crippen molar-refractivity contribution >= 4 is 11.8 Å². The van der Waals surface area contributed by atoms with Crippen LogP contribution in [0.25, 0.3) is 5.69 Å². The third-order valence-electron chi connectivity index (χ3n) is 5.20. The summed E-state index contributed by atoms with van der Waals surface area (Å²) in [4.78, 5) is 29.3. The van der Waals surface area contributed by atoms with Gasteiger partial charge >= 0.3 is 11.7 Å². The summed E-state index contributed by atoms with van der Waals surface area (Å²) in [5.41, 5.74) is 12.2. The third-order valence-corrected chi connectivity index (χ3v) is 5.20. The number of anilines is 1. The Morgan fingerprint density at radius 3 is 2.40 bits per heavy atom. The molecule has 0 spiro atoms. The third kappa shape index (κ3) is 2.69. The van der Waals surface area contributed by atoms with Gasteiger partial charge in [0.15, 0.2) is 0 Å². The second-order valence-electron chi connectivity index (χ2n) is 6.70. The maximum absolute atomic E-state index is 11.9. The van der Waals surface area contributed by atoms with Crippen LogP contribution >= 0.6 is 0 Å². The standard InChI is InChI=1S/C17H19N5O3/c18-13-5-6-22(17(25)20-13)10-3-1-9(2-4-10)15(16(23)24)21-7-11-12(8-21)14(11)19/h1-6,11-12,14-15H,7-8,19H2,(H,23,24)(H2,18,20,25)/t11-,12+,14?,15?. The highest BCUT2D eigenvalue weighted by Crippen LogP contribution is 2.46. The van der Waals surface area contributed by atoms with Gasteiger partial charge in [-0.2, -0.15) is 4.98 Å². The van der Waals surface area contributed by atoms with Crippen molar-refractivity contribution < 1.29 is 9.90 Å². The first-order chi connectivity index (χ1) is 12.0. The van der Waals surface area contributed by atoms with E-state index in [1.54, 1.807) is 30.5 Å². The van der Waals surface area contributed by atoms with Gasteiger partial charge in [0, 0.05) is 25.3 Å². The van der Waals surface area contributed by atoms with E-state index in [0.717, 1.165) is 0 Å². The van der Waals surface area contributed by atoms with Crippen molar-refractivity contribution in [3.05, 3.63) is 52.6 Å². The van der Waals surface area contributed by atoms with E-state index in [1.165, 1.54) is 10.6 Å². The predicted octanol–water partition coefficient (Wildman–Crippen LogP) is -0.171. The number of carbonyl (C=O) groups is 1. The molecule has 2 fully saturated rings. The normalized spacial score (nSPS) is 26.2. The molecule has 1 aliphatic heterocycles. The molecule has 2 unspecified atom stereocenters. The lowest BCUT2D eigenvalue weighted by atomic mass is 10.0. The highest BCUT2D eigenvalue weighted by molar-refractivity contribution is 5.75. The lowest BCUT2D eigenvalue weighted by Gasteiger charge is -2.26. The first-order valence-electron chi connectivity index (χ1n) is 8.13. The van der Waals surface area contributed by atoms with Gasteiger partial charge in [0.05, 0.1) is 5.69 Å². The fraction of sp³-hybridized carbons (Fsp3) is 0.353. The van der Waals surface area contributed by atoms with Crippen molar-refractivity contribution in [1.29, 1.82) is 0 Å². The predicted molar refractivity (Wildman–Crippen MR) is 91.2 cm³/mol. The Bertz CT molecular complexity index is 867. The molecule has 130 valence electrons. The molecule has 1 aromatic heterocycles. The first-order valence-corrected chi connectivity index (χ1v) is 8.13. The lowest BCUT2D eigenvalue weighted by Crippen LogP contribution is -2.36. The van der Waals surface area contributed by atoms with Gasteiger partial charge in [0.2, 0.25) is 0 Å². The molecule has 5 N–H and O–H groups in total. The molecule has 2 heterocycles. The summed E-state index contributed by atoms with van der Waals surface area (Å²) in [6, 6.07) is 7.96. The minimum atomic E-state index is -0.881. The molecule has 2 aliphatic rings. The number of hydrogen-bond donors (Lipinski definition) is 3. The van der Waals surface area contributed by atoms with Crippen molar-refractivity contribution in [3.63, 3.8) is 0 Å². The van der Waals surface area contributed by atoms with Crippen LogP contribution in [-0.4, -0.2) is 44.7 Å². The molecule has 2 aromatic rings. The topological polar surface area (TPSA) is 127 Å². The minimum Gasteiger partial charge on any atom is -0.480 e.